The zero-order valence-electron chi connectivity index (χ0n) is 13.1. The predicted octanol–water partition coefficient (Wildman–Crippen LogP) is 2.30. The molecule has 1 rings (SSSR count). The molecule has 2 N–H and O–H groups in total. The Balaban J connectivity index is 2.84. The van der Waals surface area contributed by atoms with Crippen LogP contribution in [0.25, 0.3) is 0 Å². The molecule has 0 radical (unpaired) electrons. The molecule has 0 aliphatic rings. The molecular weight excluding hydrogens is 307 g/mol. The van der Waals surface area contributed by atoms with Crippen molar-refractivity contribution in [3.63, 3.8) is 0 Å². The maximum absolute atomic E-state index is 12.4. The summed E-state index contributed by atoms with van der Waals surface area (Å²) in [6.07, 6.45) is 1.15. The molecule has 1 aromatic rings. The lowest BCUT2D eigenvalue weighted by Crippen LogP contribution is -2.34. The van der Waals surface area contributed by atoms with Gasteiger partial charge in [0.25, 0.3) is 0 Å². The molecule has 0 aliphatic heterocycles. The van der Waals surface area contributed by atoms with Gasteiger partial charge in [-0.1, -0.05) is 6.92 Å². The number of hydrogen-bond acceptors (Lipinski definition) is 4. The van der Waals surface area contributed by atoms with Gasteiger partial charge in [0.1, 0.15) is 12.4 Å². The fourth-order valence-electron chi connectivity index (χ4n) is 1.68. The van der Waals surface area contributed by atoms with Crippen LogP contribution in [0.5, 0.6) is 5.75 Å². The smallest absolute Gasteiger partial charge is 0.243 e. The van der Waals surface area contributed by atoms with Crippen molar-refractivity contribution in [1.29, 1.82) is 0 Å². The van der Waals surface area contributed by atoms with Gasteiger partial charge >= 0.3 is 0 Å². The van der Waals surface area contributed by atoms with Crippen LogP contribution in [0.2, 0.25) is 0 Å². The van der Waals surface area contributed by atoms with Gasteiger partial charge in [-0.2, -0.15) is 4.31 Å². The van der Waals surface area contributed by atoms with Gasteiger partial charge in [-0.15, -0.1) is 0 Å². The van der Waals surface area contributed by atoms with Crippen LogP contribution in [0.1, 0.15) is 20.3 Å². The molecule has 124 valence electrons. The topological polar surface area (TPSA) is 72.6 Å². The summed E-state index contributed by atoms with van der Waals surface area (Å²) in [5, 5.41) is 0. The first-order valence-corrected chi connectivity index (χ1v) is 8.49. The quantitative estimate of drug-likeness (QED) is 0.794. The van der Waals surface area contributed by atoms with E-state index in [0.717, 1.165) is 6.42 Å². The van der Waals surface area contributed by atoms with Crippen molar-refractivity contribution in [2.45, 2.75) is 31.2 Å². The Labute approximate surface area is 131 Å². The van der Waals surface area contributed by atoms with Gasteiger partial charge in [0.2, 0.25) is 10.0 Å². The number of benzene rings is 1. The molecule has 1 aromatic carbocycles. The zero-order valence-corrected chi connectivity index (χ0v) is 13.9. The second-order valence-corrected chi connectivity index (χ2v) is 7.01. The van der Waals surface area contributed by atoms with E-state index in [-0.39, 0.29) is 24.1 Å². The highest BCUT2D eigenvalue weighted by Gasteiger charge is 2.24. The SMILES string of the molecule is CCC(C)N(C)S(=O)(=O)c1ccc(OC/C(=C\F)CN)cc1. The molecule has 22 heavy (non-hydrogen) atoms. The van der Waals surface area contributed by atoms with Crippen LogP contribution in [0.4, 0.5) is 4.39 Å². The Morgan fingerprint density at radius 2 is 2.00 bits per heavy atom. The van der Waals surface area contributed by atoms with Crippen LogP contribution < -0.4 is 10.5 Å². The van der Waals surface area contributed by atoms with Gasteiger partial charge in [0, 0.05) is 25.2 Å². The molecule has 1 unspecified atom stereocenters. The number of hydrogen-bond donors (Lipinski definition) is 1. The number of nitrogens with zero attached hydrogens (tertiary/aromatic N) is 1. The summed E-state index contributed by atoms with van der Waals surface area (Å²) in [6, 6.07) is 5.96. The van der Waals surface area contributed by atoms with E-state index in [0.29, 0.717) is 17.7 Å². The molecule has 0 amide bonds. The summed E-state index contributed by atoms with van der Waals surface area (Å²) in [5.74, 6) is 0.456. The van der Waals surface area contributed by atoms with E-state index < -0.39 is 10.0 Å². The van der Waals surface area contributed by atoms with Crippen molar-refractivity contribution in [3.8, 4) is 5.75 Å². The van der Waals surface area contributed by atoms with Crippen LogP contribution in [-0.2, 0) is 10.0 Å². The molecule has 0 saturated carbocycles. The Morgan fingerprint density at radius 3 is 2.45 bits per heavy atom. The highest BCUT2D eigenvalue weighted by atomic mass is 32.2. The Bertz CT molecular complexity index is 600. The molecule has 0 aliphatic carbocycles. The average Bonchev–Trinajstić information content (AvgIpc) is 2.54. The minimum atomic E-state index is -3.52. The van der Waals surface area contributed by atoms with Crippen LogP contribution in [0, 0.1) is 0 Å². The van der Waals surface area contributed by atoms with Crippen LogP contribution in [0.3, 0.4) is 0 Å². The van der Waals surface area contributed by atoms with Crippen LogP contribution in [0.15, 0.2) is 41.1 Å². The molecule has 7 heteroatoms. The van der Waals surface area contributed by atoms with Gasteiger partial charge in [0.05, 0.1) is 11.2 Å². The molecule has 0 spiro atoms. The van der Waals surface area contributed by atoms with Crippen molar-refractivity contribution < 1.29 is 17.5 Å². The molecule has 0 saturated heterocycles. The van der Waals surface area contributed by atoms with E-state index in [1.807, 2.05) is 13.8 Å². The van der Waals surface area contributed by atoms with E-state index >= 15 is 0 Å². The number of ether oxygens (including phenoxy) is 1. The van der Waals surface area contributed by atoms with E-state index in [1.54, 1.807) is 19.2 Å². The second-order valence-electron chi connectivity index (χ2n) is 5.01. The second kappa shape index (κ2) is 8.26. The van der Waals surface area contributed by atoms with Crippen molar-refractivity contribution in [3.05, 3.63) is 36.2 Å². The standard InChI is InChI=1S/C15H23FN2O3S/c1-4-12(2)18(3)22(19,20)15-7-5-14(6-8-15)21-11-13(9-16)10-17/h5-9,12H,4,10-11,17H2,1-3H3/b13-9-. The molecule has 0 heterocycles. The average molecular weight is 330 g/mol. The van der Waals surface area contributed by atoms with Crippen LogP contribution >= 0.6 is 0 Å². The Morgan fingerprint density at radius 1 is 1.41 bits per heavy atom. The van der Waals surface area contributed by atoms with Crippen molar-refractivity contribution in [2.75, 3.05) is 20.2 Å². The normalized spacial score (nSPS) is 14.2. The summed E-state index contributed by atoms with van der Waals surface area (Å²) >= 11 is 0. The first-order valence-electron chi connectivity index (χ1n) is 7.05. The summed E-state index contributed by atoms with van der Waals surface area (Å²) in [6.45, 7) is 3.89. The maximum atomic E-state index is 12.4. The van der Waals surface area contributed by atoms with Crippen molar-refractivity contribution >= 4 is 10.0 Å². The summed E-state index contributed by atoms with van der Waals surface area (Å²) in [7, 11) is -1.96. The molecule has 5 nitrogen and oxygen atoms in total. The zero-order chi connectivity index (χ0) is 16.8. The summed E-state index contributed by atoms with van der Waals surface area (Å²) in [5.41, 5.74) is 5.66. The van der Waals surface area contributed by atoms with Gasteiger partial charge < -0.3 is 10.5 Å². The highest BCUT2D eigenvalue weighted by molar-refractivity contribution is 7.89. The molecule has 1 atom stereocenters. The van der Waals surface area contributed by atoms with Crippen molar-refractivity contribution in [2.24, 2.45) is 5.73 Å². The largest absolute Gasteiger partial charge is 0.489 e. The number of nitrogens with two attached hydrogens (primary N) is 1. The molecule has 0 fully saturated rings. The van der Waals surface area contributed by atoms with E-state index in [2.05, 4.69) is 0 Å². The van der Waals surface area contributed by atoms with Gasteiger partial charge in [-0.3, -0.25) is 0 Å². The molecular formula is C15H23FN2O3S. The summed E-state index contributed by atoms with van der Waals surface area (Å²) in [4.78, 5) is 0.197. The minimum absolute atomic E-state index is 0.0336. The summed E-state index contributed by atoms with van der Waals surface area (Å²) < 4.78 is 43.9. The van der Waals surface area contributed by atoms with Gasteiger partial charge in [-0.25, -0.2) is 12.8 Å². The van der Waals surface area contributed by atoms with Gasteiger partial charge in [0.15, 0.2) is 0 Å². The highest BCUT2D eigenvalue weighted by Crippen LogP contribution is 2.21. The third kappa shape index (κ3) is 4.53. The number of sulfonamides is 1. The lowest BCUT2D eigenvalue weighted by molar-refractivity contribution is 0.347. The predicted molar refractivity (Wildman–Crippen MR) is 84.9 cm³/mol. The van der Waals surface area contributed by atoms with E-state index in [1.165, 1.54) is 16.4 Å². The molecule has 0 bridgehead atoms. The fraction of sp³-hybridized carbons (Fsp3) is 0.467. The molecule has 0 aromatic heterocycles. The van der Waals surface area contributed by atoms with E-state index in [4.69, 9.17) is 10.5 Å². The minimum Gasteiger partial charge on any atom is -0.489 e. The van der Waals surface area contributed by atoms with Crippen molar-refractivity contribution in [1.82, 2.24) is 4.31 Å². The fourth-order valence-corrected chi connectivity index (χ4v) is 3.11. The number of rotatable bonds is 8. The van der Waals surface area contributed by atoms with Gasteiger partial charge in [-0.05, 0) is 37.6 Å². The van der Waals surface area contributed by atoms with Crippen LogP contribution in [-0.4, -0.2) is 39.0 Å². The Hall–Kier alpha value is -1.44. The third-order valence-electron chi connectivity index (χ3n) is 3.55. The monoisotopic (exact) mass is 330 g/mol. The number of halogens is 1. The maximum Gasteiger partial charge on any atom is 0.243 e. The Kier molecular flexibility index (Phi) is 6.99. The lowest BCUT2D eigenvalue weighted by Gasteiger charge is -2.23. The first kappa shape index (κ1) is 18.6. The first-order chi connectivity index (χ1) is 10.4. The third-order valence-corrected chi connectivity index (χ3v) is 5.54. The lowest BCUT2D eigenvalue weighted by atomic mass is 10.3. The van der Waals surface area contributed by atoms with E-state index in [9.17, 15) is 12.8 Å².